The van der Waals surface area contributed by atoms with Crippen LogP contribution in [0, 0.1) is 0 Å². The van der Waals surface area contributed by atoms with Crippen molar-refractivity contribution in [3.05, 3.63) is 18.3 Å². The van der Waals surface area contributed by atoms with Gasteiger partial charge in [-0.1, -0.05) is 0 Å². The average molecular weight is 265 g/mol. The normalized spacial score (nSPS) is 11.7. The topological polar surface area (TPSA) is 37.4 Å². The average Bonchev–Trinajstić information content (AvgIpc) is 2.27. The first-order valence-electron chi connectivity index (χ1n) is 6.87. The van der Waals surface area contributed by atoms with Crippen LogP contribution in [0.3, 0.4) is 0 Å². The van der Waals surface area contributed by atoms with E-state index in [4.69, 9.17) is 4.74 Å². The lowest BCUT2D eigenvalue weighted by molar-refractivity contribution is 0.242. The summed E-state index contributed by atoms with van der Waals surface area (Å²) in [6, 6.07) is 3.87. The quantitative estimate of drug-likeness (QED) is 0.858. The summed E-state index contributed by atoms with van der Waals surface area (Å²) in [7, 11) is 2.04. The molecule has 0 radical (unpaired) electrons. The molecule has 1 aromatic heterocycles. The number of aromatic nitrogens is 1. The molecule has 4 nitrogen and oxygen atoms in total. The lowest BCUT2D eigenvalue weighted by Gasteiger charge is -2.25. The van der Waals surface area contributed by atoms with Gasteiger partial charge in [0.1, 0.15) is 0 Å². The van der Waals surface area contributed by atoms with Crippen LogP contribution in [0.2, 0.25) is 0 Å². The largest absolute Gasteiger partial charge is 0.487 e. The van der Waals surface area contributed by atoms with E-state index in [1.165, 1.54) is 0 Å². The highest BCUT2D eigenvalue weighted by Gasteiger charge is 2.12. The Hall–Kier alpha value is -1.29. The molecule has 0 aliphatic heterocycles. The van der Waals surface area contributed by atoms with Gasteiger partial charge in [-0.2, -0.15) is 0 Å². The molecule has 0 unspecified atom stereocenters. The minimum absolute atomic E-state index is 0.141. The fraction of sp³-hybridized carbons (Fsp3) is 0.667. The molecular weight excluding hydrogens is 238 g/mol. The third-order valence-corrected chi connectivity index (χ3v) is 2.58. The molecule has 0 bridgehead atoms. The van der Waals surface area contributed by atoms with Crippen LogP contribution < -0.4 is 15.0 Å². The summed E-state index contributed by atoms with van der Waals surface area (Å²) in [5.41, 5.74) is 0.141. The highest BCUT2D eigenvalue weighted by Crippen LogP contribution is 2.24. The van der Waals surface area contributed by atoms with E-state index in [2.05, 4.69) is 36.0 Å². The predicted octanol–water partition coefficient (Wildman–Crippen LogP) is 2.69. The maximum atomic E-state index is 5.79. The van der Waals surface area contributed by atoms with E-state index in [9.17, 15) is 0 Å². The minimum atomic E-state index is 0.141. The first-order valence-corrected chi connectivity index (χ1v) is 6.87. The number of nitrogens with one attached hydrogen (secondary N) is 1. The van der Waals surface area contributed by atoms with Gasteiger partial charge in [-0.25, -0.2) is 4.98 Å². The zero-order valence-corrected chi connectivity index (χ0v) is 13.0. The third-order valence-electron chi connectivity index (χ3n) is 2.58. The lowest BCUT2D eigenvalue weighted by atomic mass is 10.1. The lowest BCUT2D eigenvalue weighted by Crippen LogP contribution is -2.40. The summed E-state index contributed by atoms with van der Waals surface area (Å²) in [5.74, 6) is 1.74. The number of hydrogen-bond acceptors (Lipinski definition) is 4. The highest BCUT2D eigenvalue weighted by molar-refractivity contribution is 5.51. The Labute approximate surface area is 117 Å². The summed E-state index contributed by atoms with van der Waals surface area (Å²) in [5, 5.41) is 3.47. The van der Waals surface area contributed by atoms with E-state index in [1.807, 2.05) is 33.0 Å². The standard InChI is InChI=1S/C15H27N3O/c1-12(2)19-13-8-7-9-16-14(13)18(6)11-10-17-15(3,4)5/h7-9,12,17H,10-11H2,1-6H3. The number of nitrogens with zero attached hydrogens (tertiary/aromatic N) is 2. The summed E-state index contributed by atoms with van der Waals surface area (Å²) >= 11 is 0. The second-order valence-corrected chi connectivity index (χ2v) is 6.09. The van der Waals surface area contributed by atoms with Crippen molar-refractivity contribution in [3.8, 4) is 5.75 Å². The molecule has 0 aliphatic rings. The molecule has 0 saturated carbocycles. The zero-order chi connectivity index (χ0) is 14.5. The van der Waals surface area contributed by atoms with E-state index in [0.717, 1.165) is 24.7 Å². The smallest absolute Gasteiger partial charge is 0.171 e. The number of likely N-dealkylation sites (N-methyl/N-ethyl adjacent to an activating group) is 1. The molecule has 0 fully saturated rings. The van der Waals surface area contributed by atoms with Crippen molar-refractivity contribution >= 4 is 5.82 Å². The van der Waals surface area contributed by atoms with Crippen LogP contribution in [0.1, 0.15) is 34.6 Å². The molecule has 1 aromatic rings. The van der Waals surface area contributed by atoms with Crippen LogP contribution >= 0.6 is 0 Å². The van der Waals surface area contributed by atoms with Crippen LogP contribution in [0.4, 0.5) is 5.82 Å². The van der Waals surface area contributed by atoms with Crippen LogP contribution in [0.25, 0.3) is 0 Å². The van der Waals surface area contributed by atoms with Gasteiger partial charge in [0.25, 0.3) is 0 Å². The van der Waals surface area contributed by atoms with Gasteiger partial charge in [0.15, 0.2) is 11.6 Å². The maximum Gasteiger partial charge on any atom is 0.171 e. The summed E-state index contributed by atoms with van der Waals surface area (Å²) in [6.45, 7) is 12.4. The van der Waals surface area contributed by atoms with Crippen LogP contribution in [-0.2, 0) is 0 Å². The first kappa shape index (κ1) is 15.8. The van der Waals surface area contributed by atoms with Crippen molar-refractivity contribution in [3.63, 3.8) is 0 Å². The summed E-state index contributed by atoms with van der Waals surface area (Å²) in [4.78, 5) is 6.54. The number of ether oxygens (including phenoxy) is 1. The van der Waals surface area contributed by atoms with Crippen molar-refractivity contribution in [2.24, 2.45) is 0 Å². The van der Waals surface area contributed by atoms with Crippen molar-refractivity contribution < 1.29 is 4.74 Å². The van der Waals surface area contributed by atoms with Crippen LogP contribution in [-0.4, -0.2) is 36.8 Å². The number of rotatable bonds is 6. The highest BCUT2D eigenvalue weighted by atomic mass is 16.5. The number of pyridine rings is 1. The van der Waals surface area contributed by atoms with Crippen molar-refractivity contribution in [2.45, 2.75) is 46.3 Å². The van der Waals surface area contributed by atoms with E-state index in [1.54, 1.807) is 6.20 Å². The SMILES string of the molecule is CC(C)Oc1cccnc1N(C)CCNC(C)(C)C. The van der Waals surface area contributed by atoms with Crippen molar-refractivity contribution in [1.29, 1.82) is 0 Å². The van der Waals surface area contributed by atoms with Gasteiger partial charge in [-0.3, -0.25) is 0 Å². The molecule has 0 aromatic carbocycles. The molecule has 0 aliphatic carbocycles. The van der Waals surface area contributed by atoms with Gasteiger partial charge in [0.2, 0.25) is 0 Å². The second kappa shape index (κ2) is 6.75. The Morgan fingerprint density at radius 1 is 1.37 bits per heavy atom. The van der Waals surface area contributed by atoms with E-state index < -0.39 is 0 Å². The van der Waals surface area contributed by atoms with Gasteiger partial charge in [-0.05, 0) is 46.8 Å². The first-order chi connectivity index (χ1) is 8.79. The third kappa shape index (κ3) is 5.92. The molecule has 4 heteroatoms. The number of anilines is 1. The van der Waals surface area contributed by atoms with E-state index >= 15 is 0 Å². The zero-order valence-electron chi connectivity index (χ0n) is 13.0. The van der Waals surface area contributed by atoms with Gasteiger partial charge >= 0.3 is 0 Å². The summed E-state index contributed by atoms with van der Waals surface area (Å²) < 4.78 is 5.79. The van der Waals surface area contributed by atoms with Crippen molar-refractivity contribution in [1.82, 2.24) is 10.3 Å². The fourth-order valence-electron chi connectivity index (χ4n) is 1.72. The Balaban J connectivity index is 2.63. The Morgan fingerprint density at radius 3 is 2.63 bits per heavy atom. The van der Waals surface area contributed by atoms with E-state index in [-0.39, 0.29) is 11.6 Å². The Kier molecular flexibility index (Phi) is 5.60. The summed E-state index contributed by atoms with van der Waals surface area (Å²) in [6.07, 6.45) is 1.96. The molecule has 0 spiro atoms. The van der Waals surface area contributed by atoms with Crippen LogP contribution in [0.15, 0.2) is 18.3 Å². The van der Waals surface area contributed by atoms with E-state index in [0.29, 0.717) is 0 Å². The van der Waals surface area contributed by atoms with Gasteiger partial charge in [0, 0.05) is 31.9 Å². The molecule has 1 rings (SSSR count). The molecule has 0 atom stereocenters. The van der Waals surface area contributed by atoms with Crippen LogP contribution in [0.5, 0.6) is 5.75 Å². The Bertz CT molecular complexity index is 385. The molecule has 1 heterocycles. The van der Waals surface area contributed by atoms with Crippen molar-refractivity contribution in [2.75, 3.05) is 25.0 Å². The maximum absolute atomic E-state index is 5.79. The number of hydrogen-bond donors (Lipinski definition) is 1. The van der Waals surface area contributed by atoms with Gasteiger partial charge in [-0.15, -0.1) is 0 Å². The molecule has 0 saturated heterocycles. The fourth-order valence-corrected chi connectivity index (χ4v) is 1.72. The molecule has 0 amide bonds. The monoisotopic (exact) mass is 265 g/mol. The molecule has 19 heavy (non-hydrogen) atoms. The predicted molar refractivity (Wildman–Crippen MR) is 81.0 cm³/mol. The minimum Gasteiger partial charge on any atom is -0.487 e. The molecule has 1 N–H and O–H groups in total. The molecular formula is C15H27N3O. The second-order valence-electron chi connectivity index (χ2n) is 6.09. The molecule has 108 valence electrons. The Morgan fingerprint density at radius 2 is 2.05 bits per heavy atom. The van der Waals surface area contributed by atoms with Gasteiger partial charge < -0.3 is 15.0 Å². The van der Waals surface area contributed by atoms with Gasteiger partial charge in [0.05, 0.1) is 6.10 Å².